The summed E-state index contributed by atoms with van der Waals surface area (Å²) in [6.07, 6.45) is 3.78. The van der Waals surface area contributed by atoms with E-state index in [1.165, 1.54) is 19.3 Å². The van der Waals surface area contributed by atoms with Crippen LogP contribution in [0.5, 0.6) is 5.75 Å². The Morgan fingerprint density at radius 2 is 1.83 bits per heavy atom. The quantitative estimate of drug-likeness (QED) is 0.758. The second kappa shape index (κ2) is 8.57. The number of likely N-dealkylation sites (tertiary alicyclic amines) is 1. The molecular weight excluding hydrogens is 331 g/mol. The average Bonchev–Trinajstić information content (AvgIpc) is 2.68. The van der Waals surface area contributed by atoms with Gasteiger partial charge in [-0.25, -0.2) is 0 Å². The van der Waals surface area contributed by atoms with Crippen LogP contribution in [0.15, 0.2) is 12.1 Å². The number of hydrogen-bond donors (Lipinski definition) is 0. The maximum atomic E-state index is 6.36. The van der Waals surface area contributed by atoms with Crippen molar-refractivity contribution >= 4 is 23.2 Å². The van der Waals surface area contributed by atoms with Gasteiger partial charge in [0.2, 0.25) is 0 Å². The molecule has 0 spiro atoms. The van der Waals surface area contributed by atoms with E-state index in [1.54, 1.807) is 0 Å². The van der Waals surface area contributed by atoms with Crippen molar-refractivity contribution in [2.75, 3.05) is 27.2 Å². The van der Waals surface area contributed by atoms with Gasteiger partial charge in [0.1, 0.15) is 0 Å². The predicted octanol–water partition coefficient (Wildman–Crippen LogP) is 4.70. The van der Waals surface area contributed by atoms with E-state index in [1.807, 2.05) is 26.0 Å². The first-order valence-corrected chi connectivity index (χ1v) is 9.15. The molecule has 1 unspecified atom stereocenters. The lowest BCUT2D eigenvalue weighted by molar-refractivity contribution is 0.241. The van der Waals surface area contributed by atoms with Crippen LogP contribution in [0.4, 0.5) is 0 Å². The lowest BCUT2D eigenvalue weighted by Crippen LogP contribution is -2.29. The summed E-state index contributed by atoms with van der Waals surface area (Å²) in [5.41, 5.74) is 1.15. The van der Waals surface area contributed by atoms with Crippen molar-refractivity contribution in [1.29, 1.82) is 0 Å². The van der Waals surface area contributed by atoms with E-state index >= 15 is 0 Å². The van der Waals surface area contributed by atoms with Crippen LogP contribution < -0.4 is 4.74 Å². The third kappa shape index (κ3) is 5.53. The molecule has 1 fully saturated rings. The van der Waals surface area contributed by atoms with Crippen LogP contribution in [0.25, 0.3) is 0 Å². The van der Waals surface area contributed by atoms with Crippen LogP contribution in [0.2, 0.25) is 10.0 Å². The Morgan fingerprint density at radius 3 is 2.39 bits per heavy atom. The molecule has 0 radical (unpaired) electrons. The van der Waals surface area contributed by atoms with Crippen LogP contribution in [-0.2, 0) is 6.54 Å². The highest BCUT2D eigenvalue weighted by molar-refractivity contribution is 6.37. The van der Waals surface area contributed by atoms with Gasteiger partial charge in [0.25, 0.3) is 0 Å². The lowest BCUT2D eigenvalue weighted by Gasteiger charge is -2.23. The highest BCUT2D eigenvalue weighted by atomic mass is 35.5. The van der Waals surface area contributed by atoms with E-state index in [2.05, 4.69) is 23.9 Å². The Hall–Kier alpha value is -0.480. The number of halogens is 2. The van der Waals surface area contributed by atoms with Gasteiger partial charge in [-0.1, -0.05) is 23.2 Å². The van der Waals surface area contributed by atoms with Gasteiger partial charge in [-0.2, -0.15) is 0 Å². The monoisotopic (exact) mass is 358 g/mol. The first-order chi connectivity index (χ1) is 10.9. The maximum Gasteiger partial charge on any atom is 0.156 e. The van der Waals surface area contributed by atoms with Crippen molar-refractivity contribution in [3.63, 3.8) is 0 Å². The second-order valence-corrected chi connectivity index (χ2v) is 7.69. The minimum Gasteiger partial charge on any atom is -0.488 e. The molecule has 2 rings (SSSR count). The van der Waals surface area contributed by atoms with E-state index in [4.69, 9.17) is 27.9 Å². The third-order valence-corrected chi connectivity index (χ3v) is 4.90. The van der Waals surface area contributed by atoms with Crippen molar-refractivity contribution in [3.8, 4) is 5.75 Å². The average molecular weight is 359 g/mol. The number of nitrogens with zero attached hydrogens (tertiary/aromatic N) is 2. The zero-order valence-electron chi connectivity index (χ0n) is 14.6. The fraction of sp³-hybridized carbons (Fsp3) is 0.667. The Kier molecular flexibility index (Phi) is 7.02. The van der Waals surface area contributed by atoms with Crippen LogP contribution >= 0.6 is 23.2 Å². The number of ether oxygens (including phenoxy) is 1. The molecule has 1 aromatic rings. The Bertz CT molecular complexity index is 497. The summed E-state index contributed by atoms with van der Waals surface area (Å²) in [6.45, 7) is 7.08. The fourth-order valence-electron chi connectivity index (χ4n) is 3.12. The third-order valence-electron chi connectivity index (χ3n) is 4.34. The lowest BCUT2D eigenvalue weighted by atomic mass is 10.1. The Labute approximate surface area is 150 Å². The van der Waals surface area contributed by atoms with Gasteiger partial charge >= 0.3 is 0 Å². The molecule has 0 N–H and O–H groups in total. The summed E-state index contributed by atoms with van der Waals surface area (Å²) < 4.78 is 5.70. The topological polar surface area (TPSA) is 15.7 Å². The summed E-state index contributed by atoms with van der Waals surface area (Å²) in [5, 5.41) is 1.20. The number of rotatable bonds is 5. The summed E-state index contributed by atoms with van der Waals surface area (Å²) in [6, 6.07) is 4.66. The first-order valence-electron chi connectivity index (χ1n) is 8.40. The van der Waals surface area contributed by atoms with E-state index in [0.717, 1.165) is 25.2 Å². The molecule has 0 aliphatic carbocycles. The van der Waals surface area contributed by atoms with Crippen molar-refractivity contribution in [2.45, 2.75) is 51.8 Å². The Morgan fingerprint density at radius 1 is 1.17 bits per heavy atom. The van der Waals surface area contributed by atoms with Gasteiger partial charge < -0.3 is 9.64 Å². The molecule has 1 aliphatic rings. The van der Waals surface area contributed by atoms with E-state index < -0.39 is 0 Å². The van der Waals surface area contributed by atoms with Crippen molar-refractivity contribution in [3.05, 3.63) is 27.7 Å². The minimum atomic E-state index is 0.0597. The summed E-state index contributed by atoms with van der Waals surface area (Å²) in [4.78, 5) is 4.84. The van der Waals surface area contributed by atoms with Crippen LogP contribution in [0.3, 0.4) is 0 Å². The second-order valence-electron chi connectivity index (χ2n) is 6.88. The van der Waals surface area contributed by atoms with Gasteiger partial charge in [-0.3, -0.25) is 4.90 Å². The standard InChI is InChI=1S/C18H28Cl2N2O/c1-13(2)23-18-16(19)10-14(11-17(18)20)12-22-8-5-6-15(7-9-22)21(3)4/h10-11,13,15H,5-9,12H2,1-4H3. The maximum absolute atomic E-state index is 6.36. The van der Waals surface area contributed by atoms with Crippen molar-refractivity contribution in [1.82, 2.24) is 9.80 Å². The van der Waals surface area contributed by atoms with Crippen LogP contribution in [-0.4, -0.2) is 49.1 Å². The molecule has 0 saturated carbocycles. The molecular formula is C18H28Cl2N2O. The number of benzene rings is 1. The largest absolute Gasteiger partial charge is 0.488 e. The van der Waals surface area contributed by atoms with Crippen LogP contribution in [0, 0.1) is 0 Å². The Balaban J connectivity index is 2.03. The van der Waals surface area contributed by atoms with Gasteiger partial charge in [0.15, 0.2) is 5.75 Å². The zero-order valence-corrected chi connectivity index (χ0v) is 16.1. The van der Waals surface area contributed by atoms with Gasteiger partial charge in [0, 0.05) is 12.6 Å². The first kappa shape index (κ1) is 18.9. The molecule has 1 atom stereocenters. The van der Waals surface area contributed by atoms with E-state index in [-0.39, 0.29) is 6.10 Å². The highest BCUT2D eigenvalue weighted by Crippen LogP contribution is 2.35. The number of hydrogen-bond acceptors (Lipinski definition) is 3. The molecule has 0 aromatic heterocycles. The summed E-state index contributed by atoms with van der Waals surface area (Å²) in [5.74, 6) is 0.593. The van der Waals surface area contributed by atoms with Gasteiger partial charge in [-0.05, 0) is 78.0 Å². The summed E-state index contributed by atoms with van der Waals surface area (Å²) in [7, 11) is 4.35. The summed E-state index contributed by atoms with van der Waals surface area (Å²) >= 11 is 12.7. The predicted molar refractivity (Wildman–Crippen MR) is 98.8 cm³/mol. The molecule has 1 heterocycles. The highest BCUT2D eigenvalue weighted by Gasteiger charge is 2.19. The van der Waals surface area contributed by atoms with E-state index in [0.29, 0.717) is 21.8 Å². The van der Waals surface area contributed by atoms with E-state index in [9.17, 15) is 0 Å². The molecule has 1 saturated heterocycles. The van der Waals surface area contributed by atoms with Crippen molar-refractivity contribution < 1.29 is 4.74 Å². The molecule has 3 nitrogen and oxygen atoms in total. The fourth-order valence-corrected chi connectivity index (χ4v) is 3.74. The van der Waals surface area contributed by atoms with Gasteiger partial charge in [0.05, 0.1) is 16.1 Å². The molecule has 1 aromatic carbocycles. The molecule has 5 heteroatoms. The van der Waals surface area contributed by atoms with Crippen molar-refractivity contribution in [2.24, 2.45) is 0 Å². The van der Waals surface area contributed by atoms with Gasteiger partial charge in [-0.15, -0.1) is 0 Å². The molecule has 23 heavy (non-hydrogen) atoms. The zero-order chi connectivity index (χ0) is 17.0. The smallest absolute Gasteiger partial charge is 0.156 e. The minimum absolute atomic E-state index is 0.0597. The SMILES string of the molecule is CC(C)Oc1c(Cl)cc(CN2CCCC(N(C)C)CC2)cc1Cl. The van der Waals surface area contributed by atoms with Crippen LogP contribution in [0.1, 0.15) is 38.7 Å². The normalized spacial score (nSPS) is 20.1. The molecule has 0 bridgehead atoms. The molecule has 0 amide bonds. The molecule has 130 valence electrons. The molecule has 1 aliphatic heterocycles.